The van der Waals surface area contributed by atoms with E-state index in [4.69, 9.17) is 16.3 Å². The van der Waals surface area contributed by atoms with Gasteiger partial charge in [-0.1, -0.05) is 23.7 Å². The molecule has 4 heteroatoms. The van der Waals surface area contributed by atoms with Crippen molar-refractivity contribution in [3.05, 3.63) is 63.4 Å². The molecule has 0 aliphatic rings. The summed E-state index contributed by atoms with van der Waals surface area (Å²) in [5.74, 6) is 0.0507. The zero-order valence-corrected chi connectivity index (χ0v) is 12.0. The second-order valence-corrected chi connectivity index (χ2v) is 4.94. The molecule has 20 heavy (non-hydrogen) atoms. The standard InChI is InChI=1S/C16H14ClFO2/c1-10-6-7-12(8-19)16(11(10)2)20-9-13-14(17)4-3-5-15(13)18/h3-8H,9H2,1-2H3. The topological polar surface area (TPSA) is 26.3 Å². The number of aldehydes is 1. The van der Waals surface area contributed by atoms with E-state index in [1.54, 1.807) is 12.1 Å². The molecule has 0 bridgehead atoms. The van der Waals surface area contributed by atoms with Gasteiger partial charge in [-0.25, -0.2) is 4.39 Å². The number of benzene rings is 2. The average molecular weight is 293 g/mol. The summed E-state index contributed by atoms with van der Waals surface area (Å²) in [7, 11) is 0. The Kier molecular flexibility index (Phi) is 4.40. The van der Waals surface area contributed by atoms with Crippen molar-refractivity contribution >= 4 is 17.9 Å². The Labute approximate surface area is 122 Å². The van der Waals surface area contributed by atoms with E-state index < -0.39 is 5.82 Å². The number of carbonyl (C=O) groups is 1. The van der Waals surface area contributed by atoms with Gasteiger partial charge in [0.1, 0.15) is 18.2 Å². The van der Waals surface area contributed by atoms with Gasteiger partial charge in [-0.2, -0.15) is 0 Å². The first-order chi connectivity index (χ1) is 9.54. The molecule has 0 fully saturated rings. The van der Waals surface area contributed by atoms with Gasteiger partial charge < -0.3 is 4.74 Å². The Morgan fingerprint density at radius 3 is 2.65 bits per heavy atom. The molecule has 2 aromatic carbocycles. The summed E-state index contributed by atoms with van der Waals surface area (Å²) in [6.07, 6.45) is 0.727. The van der Waals surface area contributed by atoms with Gasteiger partial charge in [-0.05, 0) is 43.2 Å². The number of carbonyl (C=O) groups excluding carboxylic acids is 1. The molecular formula is C16H14ClFO2. The number of ether oxygens (including phenoxy) is 1. The van der Waals surface area contributed by atoms with Crippen LogP contribution < -0.4 is 4.74 Å². The molecule has 0 saturated heterocycles. The Hall–Kier alpha value is -1.87. The van der Waals surface area contributed by atoms with Gasteiger partial charge in [-0.15, -0.1) is 0 Å². The highest BCUT2D eigenvalue weighted by Gasteiger charge is 2.12. The summed E-state index contributed by atoms with van der Waals surface area (Å²) in [6, 6.07) is 8.01. The number of rotatable bonds is 4. The lowest BCUT2D eigenvalue weighted by atomic mass is 10.1. The van der Waals surface area contributed by atoms with Gasteiger partial charge in [0.2, 0.25) is 0 Å². The fourth-order valence-electron chi connectivity index (χ4n) is 1.91. The lowest BCUT2D eigenvalue weighted by Gasteiger charge is -2.14. The third kappa shape index (κ3) is 2.83. The van der Waals surface area contributed by atoms with Crippen molar-refractivity contribution < 1.29 is 13.9 Å². The van der Waals surface area contributed by atoms with Crippen LogP contribution in [0.1, 0.15) is 27.0 Å². The summed E-state index contributed by atoms with van der Waals surface area (Å²) in [6.45, 7) is 3.77. The Bertz CT molecular complexity index is 633. The third-order valence-electron chi connectivity index (χ3n) is 3.26. The summed E-state index contributed by atoms with van der Waals surface area (Å²) in [5, 5.41) is 0.308. The maximum atomic E-state index is 13.7. The molecule has 2 rings (SSSR count). The SMILES string of the molecule is Cc1ccc(C=O)c(OCc2c(F)cccc2Cl)c1C. The van der Waals surface area contributed by atoms with Crippen LogP contribution in [-0.4, -0.2) is 6.29 Å². The van der Waals surface area contributed by atoms with E-state index in [1.165, 1.54) is 12.1 Å². The Balaban J connectivity index is 2.32. The molecule has 104 valence electrons. The van der Waals surface area contributed by atoms with Crippen LogP contribution >= 0.6 is 11.6 Å². The first kappa shape index (κ1) is 14.5. The third-order valence-corrected chi connectivity index (χ3v) is 3.61. The minimum absolute atomic E-state index is 0.0172. The minimum atomic E-state index is -0.421. The second-order valence-electron chi connectivity index (χ2n) is 4.53. The highest BCUT2D eigenvalue weighted by molar-refractivity contribution is 6.31. The highest BCUT2D eigenvalue weighted by Crippen LogP contribution is 2.28. The number of hydrogen-bond donors (Lipinski definition) is 0. The van der Waals surface area contributed by atoms with Crippen molar-refractivity contribution in [3.63, 3.8) is 0 Å². The first-order valence-electron chi connectivity index (χ1n) is 6.15. The van der Waals surface area contributed by atoms with Gasteiger partial charge in [0.15, 0.2) is 6.29 Å². The van der Waals surface area contributed by atoms with Crippen LogP contribution in [0.25, 0.3) is 0 Å². The normalized spacial score (nSPS) is 10.4. The van der Waals surface area contributed by atoms with Crippen molar-refractivity contribution in [3.8, 4) is 5.75 Å². The predicted molar refractivity (Wildman–Crippen MR) is 77.0 cm³/mol. The molecule has 0 atom stereocenters. The first-order valence-corrected chi connectivity index (χ1v) is 6.53. The number of aryl methyl sites for hydroxylation is 1. The molecular weight excluding hydrogens is 279 g/mol. The van der Waals surface area contributed by atoms with E-state index in [9.17, 15) is 9.18 Å². The van der Waals surface area contributed by atoms with Crippen molar-refractivity contribution in [1.29, 1.82) is 0 Å². The molecule has 0 heterocycles. The van der Waals surface area contributed by atoms with Crippen LogP contribution in [0.15, 0.2) is 30.3 Å². The van der Waals surface area contributed by atoms with Crippen LogP contribution in [0.5, 0.6) is 5.75 Å². The van der Waals surface area contributed by atoms with Gasteiger partial charge in [0.05, 0.1) is 10.6 Å². The largest absolute Gasteiger partial charge is 0.488 e. The molecule has 2 aromatic rings. The van der Waals surface area contributed by atoms with Gasteiger partial charge in [-0.3, -0.25) is 4.79 Å². The van der Waals surface area contributed by atoms with E-state index >= 15 is 0 Å². The maximum Gasteiger partial charge on any atom is 0.153 e. The molecule has 0 aromatic heterocycles. The maximum absolute atomic E-state index is 13.7. The molecule has 0 aliphatic heterocycles. The number of halogens is 2. The monoisotopic (exact) mass is 292 g/mol. The molecule has 0 unspecified atom stereocenters. The van der Waals surface area contributed by atoms with E-state index in [0.717, 1.165) is 17.4 Å². The Morgan fingerprint density at radius 1 is 1.25 bits per heavy atom. The summed E-state index contributed by atoms with van der Waals surface area (Å²) >= 11 is 5.95. The van der Waals surface area contributed by atoms with Crippen molar-refractivity contribution in [2.24, 2.45) is 0 Å². The van der Waals surface area contributed by atoms with Crippen molar-refractivity contribution in [1.82, 2.24) is 0 Å². The van der Waals surface area contributed by atoms with Crippen LogP contribution in [0.2, 0.25) is 5.02 Å². The summed E-state index contributed by atoms with van der Waals surface area (Å²) in [4.78, 5) is 11.1. The van der Waals surface area contributed by atoms with E-state index in [1.807, 2.05) is 19.9 Å². The van der Waals surface area contributed by atoms with E-state index in [-0.39, 0.29) is 12.2 Å². The Morgan fingerprint density at radius 2 is 2.00 bits per heavy atom. The zero-order valence-electron chi connectivity index (χ0n) is 11.2. The zero-order chi connectivity index (χ0) is 14.7. The van der Waals surface area contributed by atoms with Gasteiger partial charge in [0, 0.05) is 5.56 Å². The van der Waals surface area contributed by atoms with Crippen LogP contribution in [0.3, 0.4) is 0 Å². The molecule has 0 N–H and O–H groups in total. The van der Waals surface area contributed by atoms with E-state index in [0.29, 0.717) is 16.3 Å². The smallest absolute Gasteiger partial charge is 0.153 e. The van der Waals surface area contributed by atoms with Crippen molar-refractivity contribution in [2.75, 3.05) is 0 Å². The summed E-state index contributed by atoms with van der Waals surface area (Å²) in [5.41, 5.74) is 2.60. The molecule has 0 aliphatic carbocycles. The predicted octanol–water partition coefficient (Wildman–Crippen LogP) is 4.49. The minimum Gasteiger partial charge on any atom is -0.488 e. The van der Waals surface area contributed by atoms with Crippen LogP contribution in [0, 0.1) is 19.7 Å². The fraction of sp³-hybridized carbons (Fsp3) is 0.188. The molecule has 0 radical (unpaired) electrons. The number of hydrogen-bond acceptors (Lipinski definition) is 2. The lowest BCUT2D eigenvalue weighted by molar-refractivity contribution is 0.111. The molecule has 0 saturated carbocycles. The summed E-state index contributed by atoms with van der Waals surface area (Å²) < 4.78 is 19.3. The molecule has 2 nitrogen and oxygen atoms in total. The molecule has 0 amide bonds. The van der Waals surface area contributed by atoms with Crippen molar-refractivity contribution in [2.45, 2.75) is 20.5 Å². The van der Waals surface area contributed by atoms with Crippen LogP contribution in [0.4, 0.5) is 4.39 Å². The highest BCUT2D eigenvalue weighted by atomic mass is 35.5. The van der Waals surface area contributed by atoms with Gasteiger partial charge in [0.25, 0.3) is 0 Å². The quantitative estimate of drug-likeness (QED) is 0.776. The molecule has 0 spiro atoms. The second kappa shape index (κ2) is 6.06. The average Bonchev–Trinajstić information content (AvgIpc) is 2.42. The van der Waals surface area contributed by atoms with E-state index in [2.05, 4.69) is 0 Å². The fourth-order valence-corrected chi connectivity index (χ4v) is 2.13. The van der Waals surface area contributed by atoms with Crippen LogP contribution in [-0.2, 0) is 6.61 Å². The van der Waals surface area contributed by atoms with Gasteiger partial charge >= 0.3 is 0 Å². The lowest BCUT2D eigenvalue weighted by Crippen LogP contribution is -2.03.